The summed E-state index contributed by atoms with van der Waals surface area (Å²) in [6, 6.07) is 4.93. The van der Waals surface area contributed by atoms with Gasteiger partial charge in [-0.15, -0.1) is 0 Å². The zero-order chi connectivity index (χ0) is 12.1. The molecule has 2 N–H and O–H groups in total. The molecule has 0 aliphatic carbocycles. The van der Waals surface area contributed by atoms with E-state index in [1.165, 1.54) is 0 Å². The van der Waals surface area contributed by atoms with Crippen LogP contribution in [-0.4, -0.2) is 17.0 Å². The topological polar surface area (TPSA) is 66.4 Å². The van der Waals surface area contributed by atoms with E-state index in [2.05, 4.69) is 21.2 Å². The number of carbonyl (C=O) groups excluding carboxylic acids is 1. The Morgan fingerprint density at radius 3 is 2.62 bits per heavy atom. The molecule has 0 aliphatic heterocycles. The third-order valence-corrected chi connectivity index (χ3v) is 2.66. The van der Waals surface area contributed by atoms with Crippen LogP contribution in [0.5, 0.6) is 0 Å². The van der Waals surface area contributed by atoms with Gasteiger partial charge in [0.1, 0.15) is 0 Å². The average molecular weight is 307 g/mol. The number of amides is 1. The van der Waals surface area contributed by atoms with Gasteiger partial charge in [0, 0.05) is 15.9 Å². The van der Waals surface area contributed by atoms with Crippen molar-refractivity contribution in [2.45, 2.75) is 12.8 Å². The van der Waals surface area contributed by atoms with Crippen molar-refractivity contribution in [1.29, 1.82) is 0 Å². The maximum atomic E-state index is 11.3. The Morgan fingerprint density at radius 2 is 2.06 bits per heavy atom. The van der Waals surface area contributed by atoms with Crippen LogP contribution in [-0.2, 0) is 9.59 Å². The number of nitrogens with one attached hydrogen (secondary N) is 1. The molecule has 0 saturated heterocycles. The molecule has 86 valence electrons. The fourth-order valence-electron chi connectivity index (χ4n) is 1.02. The highest BCUT2D eigenvalue weighted by Crippen LogP contribution is 2.25. The van der Waals surface area contributed by atoms with Gasteiger partial charge in [-0.05, 0) is 34.1 Å². The third kappa shape index (κ3) is 4.20. The molecule has 0 heterocycles. The first-order valence-electron chi connectivity index (χ1n) is 4.45. The Balaban J connectivity index is 2.59. The van der Waals surface area contributed by atoms with E-state index >= 15 is 0 Å². The molecule has 1 aromatic carbocycles. The number of hydrogen-bond acceptors (Lipinski definition) is 2. The van der Waals surface area contributed by atoms with Crippen molar-refractivity contribution in [3.05, 3.63) is 27.7 Å². The van der Waals surface area contributed by atoms with Crippen molar-refractivity contribution in [3.63, 3.8) is 0 Å². The van der Waals surface area contributed by atoms with Crippen LogP contribution >= 0.6 is 27.5 Å². The molecule has 0 spiro atoms. The van der Waals surface area contributed by atoms with Gasteiger partial charge in [-0.1, -0.05) is 11.6 Å². The Bertz CT molecular complexity index is 423. The predicted octanol–water partition coefficient (Wildman–Crippen LogP) is 2.91. The van der Waals surface area contributed by atoms with Crippen LogP contribution in [0.4, 0.5) is 5.69 Å². The van der Waals surface area contributed by atoms with Crippen molar-refractivity contribution in [1.82, 2.24) is 0 Å². The van der Waals surface area contributed by atoms with Crippen LogP contribution in [0.25, 0.3) is 0 Å². The molecule has 4 nitrogen and oxygen atoms in total. The van der Waals surface area contributed by atoms with E-state index in [1.54, 1.807) is 18.2 Å². The zero-order valence-corrected chi connectivity index (χ0v) is 10.5. The number of carboxylic acids is 1. The van der Waals surface area contributed by atoms with Crippen molar-refractivity contribution in [3.8, 4) is 0 Å². The second-order valence-electron chi connectivity index (χ2n) is 3.07. The molecule has 1 amide bonds. The number of hydrogen-bond donors (Lipinski definition) is 2. The van der Waals surface area contributed by atoms with Crippen LogP contribution in [0.1, 0.15) is 12.8 Å². The Hall–Kier alpha value is -1.07. The van der Waals surface area contributed by atoms with E-state index in [0.717, 1.165) is 0 Å². The molecular weight excluding hydrogens is 297 g/mol. The molecule has 0 saturated carbocycles. The first kappa shape index (κ1) is 13.0. The summed E-state index contributed by atoms with van der Waals surface area (Å²) in [5.74, 6) is -1.34. The number of benzene rings is 1. The first-order valence-corrected chi connectivity index (χ1v) is 5.63. The van der Waals surface area contributed by atoms with Gasteiger partial charge in [0.2, 0.25) is 5.91 Å². The van der Waals surface area contributed by atoms with E-state index in [0.29, 0.717) is 15.2 Å². The highest BCUT2D eigenvalue weighted by molar-refractivity contribution is 9.10. The summed E-state index contributed by atoms with van der Waals surface area (Å²) >= 11 is 8.98. The van der Waals surface area contributed by atoms with Gasteiger partial charge < -0.3 is 10.4 Å². The largest absolute Gasteiger partial charge is 0.481 e. The standard InChI is InChI=1S/C10H9BrClNO3/c11-7-5-6(12)1-2-8(7)13-9(14)3-4-10(15)16/h1-2,5H,3-4H2,(H,13,14)(H,15,16). The van der Waals surface area contributed by atoms with Crippen molar-refractivity contribution in [2.75, 3.05) is 5.32 Å². The minimum atomic E-state index is -0.995. The van der Waals surface area contributed by atoms with Gasteiger partial charge in [-0.3, -0.25) is 9.59 Å². The molecular formula is C10H9BrClNO3. The summed E-state index contributed by atoms with van der Waals surface area (Å²) in [5.41, 5.74) is 0.569. The Morgan fingerprint density at radius 1 is 1.38 bits per heavy atom. The van der Waals surface area contributed by atoms with Gasteiger partial charge in [0.05, 0.1) is 12.1 Å². The average Bonchev–Trinajstić information content (AvgIpc) is 2.19. The highest BCUT2D eigenvalue weighted by atomic mass is 79.9. The van der Waals surface area contributed by atoms with E-state index in [9.17, 15) is 9.59 Å². The molecule has 1 rings (SSSR count). The van der Waals surface area contributed by atoms with Crippen LogP contribution in [0.15, 0.2) is 22.7 Å². The number of aliphatic carboxylic acids is 1. The predicted molar refractivity (Wildman–Crippen MR) is 64.7 cm³/mol. The second kappa shape index (κ2) is 5.86. The second-order valence-corrected chi connectivity index (χ2v) is 4.36. The van der Waals surface area contributed by atoms with Crippen LogP contribution in [0, 0.1) is 0 Å². The van der Waals surface area contributed by atoms with E-state index in [-0.39, 0.29) is 18.7 Å². The van der Waals surface area contributed by atoms with E-state index < -0.39 is 5.97 Å². The highest BCUT2D eigenvalue weighted by Gasteiger charge is 2.07. The van der Waals surface area contributed by atoms with Crippen LogP contribution in [0.2, 0.25) is 5.02 Å². The van der Waals surface area contributed by atoms with E-state index in [1.807, 2.05) is 0 Å². The van der Waals surface area contributed by atoms with Crippen molar-refractivity contribution >= 4 is 45.1 Å². The van der Waals surface area contributed by atoms with Gasteiger partial charge in [0.25, 0.3) is 0 Å². The molecule has 0 radical (unpaired) electrons. The molecule has 16 heavy (non-hydrogen) atoms. The summed E-state index contributed by atoms with van der Waals surface area (Å²) < 4.78 is 0.656. The van der Waals surface area contributed by atoms with Gasteiger partial charge in [-0.2, -0.15) is 0 Å². The fourth-order valence-corrected chi connectivity index (χ4v) is 1.81. The van der Waals surface area contributed by atoms with Crippen LogP contribution < -0.4 is 5.32 Å². The fraction of sp³-hybridized carbons (Fsp3) is 0.200. The number of carbonyl (C=O) groups is 2. The lowest BCUT2D eigenvalue weighted by Gasteiger charge is -2.06. The molecule has 0 aromatic heterocycles. The molecule has 1 aromatic rings. The number of halogens is 2. The maximum Gasteiger partial charge on any atom is 0.303 e. The number of carboxylic acid groups (broad SMARTS) is 1. The summed E-state index contributed by atoms with van der Waals surface area (Å²) in [5, 5.41) is 11.5. The van der Waals surface area contributed by atoms with E-state index in [4.69, 9.17) is 16.7 Å². The molecule has 0 atom stereocenters. The lowest BCUT2D eigenvalue weighted by atomic mass is 10.2. The molecule has 0 unspecified atom stereocenters. The molecule has 6 heteroatoms. The first-order chi connectivity index (χ1) is 7.49. The lowest BCUT2D eigenvalue weighted by molar-refractivity contribution is -0.138. The van der Waals surface area contributed by atoms with Gasteiger partial charge in [-0.25, -0.2) is 0 Å². The normalized spacial score (nSPS) is 9.88. The zero-order valence-electron chi connectivity index (χ0n) is 8.17. The third-order valence-electron chi connectivity index (χ3n) is 1.77. The number of rotatable bonds is 4. The summed E-state index contributed by atoms with van der Waals surface area (Å²) in [6.45, 7) is 0. The minimum absolute atomic E-state index is 0.0512. The van der Waals surface area contributed by atoms with Crippen molar-refractivity contribution < 1.29 is 14.7 Å². The Kier molecular flexibility index (Phi) is 4.76. The summed E-state index contributed by atoms with van der Waals surface area (Å²) in [4.78, 5) is 21.6. The smallest absolute Gasteiger partial charge is 0.303 e. The Labute approximate surface area is 106 Å². The van der Waals surface area contributed by atoms with Crippen molar-refractivity contribution in [2.24, 2.45) is 0 Å². The summed E-state index contributed by atoms with van der Waals surface area (Å²) in [7, 11) is 0. The summed E-state index contributed by atoms with van der Waals surface area (Å²) in [6.07, 6.45) is -0.235. The van der Waals surface area contributed by atoms with Gasteiger partial charge in [0.15, 0.2) is 0 Å². The maximum absolute atomic E-state index is 11.3. The SMILES string of the molecule is O=C(O)CCC(=O)Nc1ccc(Cl)cc1Br. The molecule has 0 bridgehead atoms. The quantitative estimate of drug-likeness (QED) is 0.899. The monoisotopic (exact) mass is 305 g/mol. The van der Waals surface area contributed by atoms with Crippen LogP contribution in [0.3, 0.4) is 0 Å². The molecule has 0 aliphatic rings. The lowest BCUT2D eigenvalue weighted by Crippen LogP contribution is -2.13. The van der Waals surface area contributed by atoms with Gasteiger partial charge >= 0.3 is 5.97 Å². The number of anilines is 1. The molecule has 0 fully saturated rings. The minimum Gasteiger partial charge on any atom is -0.481 e.